The summed E-state index contributed by atoms with van der Waals surface area (Å²) >= 11 is 1.61. The van der Waals surface area contributed by atoms with E-state index >= 15 is 0 Å². The molecule has 4 aliphatic rings. The molecule has 0 amide bonds. The van der Waals surface area contributed by atoms with Gasteiger partial charge in [0.2, 0.25) is 0 Å². The summed E-state index contributed by atoms with van der Waals surface area (Å²) in [6, 6.07) is 10.2. The van der Waals surface area contributed by atoms with Gasteiger partial charge in [0.1, 0.15) is 11.6 Å². The minimum atomic E-state index is -0.0267. The molecule has 0 atom stereocenters. The lowest BCUT2D eigenvalue weighted by Crippen LogP contribution is -2.47. The molecule has 0 spiro atoms. The Bertz CT molecular complexity index is 762. The van der Waals surface area contributed by atoms with Crippen LogP contribution in [0.15, 0.2) is 35.7 Å². The van der Waals surface area contributed by atoms with E-state index in [0.717, 1.165) is 34.0 Å². The maximum Gasteiger partial charge on any atom is 0.306 e. The number of benzene rings is 1. The topological polar surface area (TPSA) is 39.2 Å². The van der Waals surface area contributed by atoms with Gasteiger partial charge in [0.15, 0.2) is 0 Å². The molecular weight excluding hydrogens is 342 g/mol. The molecule has 4 bridgehead atoms. The Kier molecular flexibility index (Phi) is 4.11. The molecule has 26 heavy (non-hydrogen) atoms. The van der Waals surface area contributed by atoms with Crippen LogP contribution >= 0.6 is 11.3 Å². The second-order valence-corrected chi connectivity index (χ2v) is 9.62. The zero-order valence-corrected chi connectivity index (χ0v) is 15.8. The maximum atomic E-state index is 12.5. The van der Waals surface area contributed by atoms with Gasteiger partial charge in [-0.05, 0) is 61.7 Å². The van der Waals surface area contributed by atoms with Gasteiger partial charge >= 0.3 is 5.97 Å². The van der Waals surface area contributed by atoms with Crippen LogP contribution in [0.1, 0.15) is 50.6 Å². The number of hydrogen-bond donors (Lipinski definition) is 0. The highest BCUT2D eigenvalue weighted by molar-refractivity contribution is 7.13. The molecule has 0 N–H and O–H groups in total. The quantitative estimate of drug-likeness (QED) is 0.659. The van der Waals surface area contributed by atoms with Crippen LogP contribution < -0.4 is 0 Å². The minimum Gasteiger partial charge on any atom is -0.459 e. The van der Waals surface area contributed by atoms with Gasteiger partial charge in [-0.2, -0.15) is 0 Å². The first kappa shape index (κ1) is 16.5. The van der Waals surface area contributed by atoms with Crippen molar-refractivity contribution in [3.05, 3.63) is 41.4 Å². The smallest absolute Gasteiger partial charge is 0.306 e. The SMILES string of the molecule is O=C(CC12CC3CC(CC(C3)C1)C2)OCc1csc(-c2ccccc2)n1. The molecule has 1 aromatic carbocycles. The minimum absolute atomic E-state index is 0.0267. The number of thiazole rings is 1. The second kappa shape index (κ2) is 6.49. The van der Waals surface area contributed by atoms with E-state index in [9.17, 15) is 4.79 Å². The van der Waals surface area contributed by atoms with Crippen molar-refractivity contribution < 1.29 is 9.53 Å². The van der Waals surface area contributed by atoms with E-state index in [1.165, 1.54) is 38.5 Å². The average molecular weight is 368 g/mol. The van der Waals surface area contributed by atoms with Gasteiger partial charge in [-0.25, -0.2) is 4.98 Å². The summed E-state index contributed by atoms with van der Waals surface area (Å²) in [4.78, 5) is 17.2. The van der Waals surface area contributed by atoms with Gasteiger partial charge in [-0.1, -0.05) is 30.3 Å². The van der Waals surface area contributed by atoms with Crippen molar-refractivity contribution in [3.63, 3.8) is 0 Å². The van der Waals surface area contributed by atoms with E-state index in [-0.39, 0.29) is 11.4 Å². The van der Waals surface area contributed by atoms with Crippen molar-refractivity contribution >= 4 is 17.3 Å². The lowest BCUT2D eigenvalue weighted by atomic mass is 9.49. The van der Waals surface area contributed by atoms with Crippen LogP contribution in [0.4, 0.5) is 0 Å². The van der Waals surface area contributed by atoms with Gasteiger partial charge in [-0.15, -0.1) is 11.3 Å². The predicted octanol–water partition coefficient (Wildman–Crippen LogP) is 5.46. The Morgan fingerprint density at radius 2 is 1.73 bits per heavy atom. The molecule has 4 saturated carbocycles. The Labute approximate surface area is 158 Å². The first-order chi connectivity index (χ1) is 12.7. The summed E-state index contributed by atoms with van der Waals surface area (Å²) in [5.74, 6) is 2.60. The number of aromatic nitrogens is 1. The number of ether oxygens (including phenoxy) is 1. The number of esters is 1. The molecule has 1 aromatic heterocycles. The van der Waals surface area contributed by atoms with Crippen LogP contribution in [0, 0.1) is 23.2 Å². The fourth-order valence-electron chi connectivity index (χ4n) is 6.10. The Morgan fingerprint density at radius 3 is 2.38 bits per heavy atom. The van der Waals surface area contributed by atoms with Crippen molar-refractivity contribution in [2.45, 2.75) is 51.6 Å². The maximum absolute atomic E-state index is 12.5. The predicted molar refractivity (Wildman–Crippen MR) is 103 cm³/mol. The van der Waals surface area contributed by atoms with Crippen molar-refractivity contribution in [2.24, 2.45) is 23.2 Å². The monoisotopic (exact) mass is 367 g/mol. The Balaban J connectivity index is 1.19. The van der Waals surface area contributed by atoms with E-state index in [0.29, 0.717) is 13.0 Å². The molecule has 0 saturated heterocycles. The third kappa shape index (κ3) is 3.20. The van der Waals surface area contributed by atoms with E-state index in [1.54, 1.807) is 11.3 Å². The number of hydrogen-bond acceptors (Lipinski definition) is 4. The van der Waals surface area contributed by atoms with E-state index in [1.807, 2.05) is 23.6 Å². The highest BCUT2D eigenvalue weighted by atomic mass is 32.1. The van der Waals surface area contributed by atoms with Crippen LogP contribution in [0.2, 0.25) is 0 Å². The molecule has 2 aromatic rings. The zero-order chi connectivity index (χ0) is 17.6. The summed E-state index contributed by atoms with van der Waals surface area (Å²) < 4.78 is 5.62. The third-order valence-electron chi connectivity index (χ3n) is 6.64. The molecule has 136 valence electrons. The van der Waals surface area contributed by atoms with Crippen molar-refractivity contribution in [1.82, 2.24) is 4.98 Å². The third-order valence-corrected chi connectivity index (χ3v) is 7.58. The summed E-state index contributed by atoms with van der Waals surface area (Å²) in [6.45, 7) is 0.300. The van der Waals surface area contributed by atoms with Gasteiger partial charge in [0.25, 0.3) is 0 Å². The molecule has 0 radical (unpaired) electrons. The van der Waals surface area contributed by atoms with E-state index in [2.05, 4.69) is 17.1 Å². The molecule has 0 aliphatic heterocycles. The largest absolute Gasteiger partial charge is 0.459 e. The van der Waals surface area contributed by atoms with Crippen LogP contribution in [0.5, 0.6) is 0 Å². The van der Waals surface area contributed by atoms with Gasteiger partial charge in [0.05, 0.1) is 12.1 Å². The van der Waals surface area contributed by atoms with Crippen molar-refractivity contribution in [1.29, 1.82) is 0 Å². The van der Waals surface area contributed by atoms with Crippen LogP contribution in [0.25, 0.3) is 10.6 Å². The summed E-state index contributed by atoms with van der Waals surface area (Å²) in [5.41, 5.74) is 2.22. The highest BCUT2D eigenvalue weighted by Gasteiger charge is 2.51. The number of carbonyl (C=O) groups is 1. The fourth-order valence-corrected chi connectivity index (χ4v) is 6.92. The van der Waals surface area contributed by atoms with E-state index < -0.39 is 0 Å². The Morgan fingerprint density at radius 1 is 1.08 bits per heavy atom. The molecule has 4 fully saturated rings. The molecule has 4 heteroatoms. The molecule has 4 aliphatic carbocycles. The molecule has 1 heterocycles. The van der Waals surface area contributed by atoms with Crippen LogP contribution in [-0.4, -0.2) is 11.0 Å². The molecule has 0 unspecified atom stereocenters. The van der Waals surface area contributed by atoms with Crippen molar-refractivity contribution in [2.75, 3.05) is 0 Å². The summed E-state index contributed by atoms with van der Waals surface area (Å²) in [5, 5.41) is 2.98. The number of nitrogens with zero attached hydrogens (tertiary/aromatic N) is 1. The van der Waals surface area contributed by atoms with Gasteiger partial charge < -0.3 is 4.74 Å². The molecular formula is C22H25NO2S. The second-order valence-electron chi connectivity index (χ2n) is 8.77. The van der Waals surface area contributed by atoms with Gasteiger partial charge in [-0.3, -0.25) is 4.79 Å². The van der Waals surface area contributed by atoms with Crippen LogP contribution in [0.3, 0.4) is 0 Å². The fraction of sp³-hybridized carbons (Fsp3) is 0.545. The average Bonchev–Trinajstić information content (AvgIpc) is 3.08. The van der Waals surface area contributed by atoms with Crippen LogP contribution in [-0.2, 0) is 16.1 Å². The van der Waals surface area contributed by atoms with Gasteiger partial charge in [0, 0.05) is 10.9 Å². The highest BCUT2D eigenvalue weighted by Crippen LogP contribution is 2.61. The first-order valence-electron chi connectivity index (χ1n) is 9.83. The zero-order valence-electron chi connectivity index (χ0n) is 15.0. The summed E-state index contributed by atoms with van der Waals surface area (Å²) in [6.07, 6.45) is 8.61. The van der Waals surface area contributed by atoms with E-state index in [4.69, 9.17) is 4.74 Å². The normalized spacial score (nSPS) is 31.9. The lowest BCUT2D eigenvalue weighted by molar-refractivity contribution is -0.153. The van der Waals surface area contributed by atoms with Crippen molar-refractivity contribution in [3.8, 4) is 10.6 Å². The first-order valence-corrected chi connectivity index (χ1v) is 10.7. The summed E-state index contributed by atoms with van der Waals surface area (Å²) in [7, 11) is 0. The molecule has 6 rings (SSSR count). The standard InChI is InChI=1S/C22H25NO2S/c24-20(12-22-9-15-6-16(10-22)8-17(7-15)11-22)25-13-19-14-26-21(23-19)18-4-2-1-3-5-18/h1-5,14-17H,6-13H2. The number of rotatable bonds is 5. The number of carbonyl (C=O) groups excluding carboxylic acids is 1. The molecule has 3 nitrogen and oxygen atoms in total. The Hall–Kier alpha value is -1.68. The lowest BCUT2D eigenvalue weighted by Gasteiger charge is -2.56.